The maximum absolute atomic E-state index is 10.5. The van der Waals surface area contributed by atoms with Crippen molar-refractivity contribution in [2.45, 2.75) is 6.10 Å². The van der Waals surface area contributed by atoms with Gasteiger partial charge in [-0.2, -0.15) is 0 Å². The highest BCUT2D eigenvalue weighted by molar-refractivity contribution is 5.68. The number of carbonyl (C=O) groups is 2. The summed E-state index contributed by atoms with van der Waals surface area (Å²) in [6.07, 6.45) is -2.49. The molecule has 0 N–H and O–H groups in total. The lowest BCUT2D eigenvalue weighted by Crippen LogP contribution is -2.19. The zero-order valence-electron chi connectivity index (χ0n) is 6.37. The van der Waals surface area contributed by atoms with Crippen molar-refractivity contribution < 1.29 is 23.8 Å². The van der Waals surface area contributed by atoms with Crippen molar-refractivity contribution in [3.8, 4) is 0 Å². The molecule has 1 aliphatic heterocycles. The number of hydrogen-bond donors (Lipinski definition) is 0. The van der Waals surface area contributed by atoms with Crippen LogP contribution in [0.15, 0.2) is 5.11 Å². The number of azide groups is 1. The average Bonchev–Trinajstić information content (AvgIpc) is 2.49. The van der Waals surface area contributed by atoms with Gasteiger partial charge in [0.2, 0.25) is 0 Å². The number of ether oxygens (including phenoxy) is 3. The molecular formula is C5H5N3O5. The van der Waals surface area contributed by atoms with E-state index in [0.717, 1.165) is 0 Å². The smallest absolute Gasteiger partial charge is 0.457 e. The molecule has 1 aliphatic rings. The fraction of sp³-hybridized carbons (Fsp3) is 0.600. The molecular weight excluding hydrogens is 182 g/mol. The zero-order valence-corrected chi connectivity index (χ0v) is 6.37. The molecule has 8 heteroatoms. The molecule has 1 fully saturated rings. The first-order valence-corrected chi connectivity index (χ1v) is 3.27. The molecule has 1 saturated heterocycles. The van der Waals surface area contributed by atoms with E-state index >= 15 is 0 Å². The largest absolute Gasteiger partial charge is 0.508 e. The van der Waals surface area contributed by atoms with E-state index in [1.54, 1.807) is 0 Å². The quantitative estimate of drug-likeness (QED) is 0.276. The van der Waals surface area contributed by atoms with Gasteiger partial charge in [0, 0.05) is 10.0 Å². The van der Waals surface area contributed by atoms with Crippen LogP contribution in [0.25, 0.3) is 10.4 Å². The van der Waals surface area contributed by atoms with Crippen molar-refractivity contribution >= 4 is 12.2 Å². The summed E-state index contributed by atoms with van der Waals surface area (Å²) >= 11 is 0. The standard InChI is InChI=1S/C5H5N3O5/c6-8-7-4(9)11-1-3-2-12-5(10)13-3/h3H,1-2H2. The van der Waals surface area contributed by atoms with Crippen molar-refractivity contribution in [1.29, 1.82) is 0 Å². The summed E-state index contributed by atoms with van der Waals surface area (Å²) in [5.74, 6) is 0. The van der Waals surface area contributed by atoms with E-state index in [1.807, 2.05) is 0 Å². The Hall–Kier alpha value is -1.95. The molecule has 0 bridgehead atoms. The van der Waals surface area contributed by atoms with E-state index in [4.69, 9.17) is 5.53 Å². The Morgan fingerprint density at radius 3 is 3.15 bits per heavy atom. The van der Waals surface area contributed by atoms with Gasteiger partial charge in [-0.05, 0) is 5.53 Å². The van der Waals surface area contributed by atoms with Crippen molar-refractivity contribution in [3.63, 3.8) is 0 Å². The summed E-state index contributed by atoms with van der Waals surface area (Å²) in [6, 6.07) is 0. The summed E-state index contributed by atoms with van der Waals surface area (Å²) in [5.41, 5.74) is 7.82. The lowest BCUT2D eigenvalue weighted by Gasteiger charge is -2.04. The predicted molar refractivity (Wildman–Crippen MR) is 36.7 cm³/mol. The molecule has 8 nitrogen and oxygen atoms in total. The van der Waals surface area contributed by atoms with Gasteiger partial charge in [0.15, 0.2) is 6.10 Å². The van der Waals surface area contributed by atoms with Crippen LogP contribution in [0.2, 0.25) is 0 Å². The van der Waals surface area contributed by atoms with Crippen LogP contribution < -0.4 is 0 Å². The molecule has 0 spiro atoms. The Morgan fingerprint density at radius 1 is 1.85 bits per heavy atom. The second-order valence-electron chi connectivity index (χ2n) is 2.07. The van der Waals surface area contributed by atoms with E-state index in [2.05, 4.69) is 24.2 Å². The highest BCUT2D eigenvalue weighted by Gasteiger charge is 2.25. The minimum Gasteiger partial charge on any atom is -0.457 e. The van der Waals surface area contributed by atoms with Crippen LogP contribution >= 0.6 is 0 Å². The van der Waals surface area contributed by atoms with Gasteiger partial charge >= 0.3 is 12.2 Å². The molecule has 0 radical (unpaired) electrons. The van der Waals surface area contributed by atoms with Crippen LogP contribution in [0, 0.1) is 0 Å². The van der Waals surface area contributed by atoms with Crippen LogP contribution in [0.1, 0.15) is 0 Å². The fourth-order valence-electron chi connectivity index (χ4n) is 0.677. The minimum atomic E-state index is -1.06. The van der Waals surface area contributed by atoms with Gasteiger partial charge in [-0.1, -0.05) is 0 Å². The number of carbonyl (C=O) groups excluding carboxylic acids is 2. The second-order valence-corrected chi connectivity index (χ2v) is 2.07. The molecule has 1 heterocycles. The van der Waals surface area contributed by atoms with Crippen LogP contribution in [0.4, 0.5) is 9.59 Å². The van der Waals surface area contributed by atoms with Crippen molar-refractivity contribution in [2.75, 3.05) is 13.2 Å². The van der Waals surface area contributed by atoms with Crippen LogP contribution in [-0.4, -0.2) is 31.6 Å². The third kappa shape index (κ3) is 2.88. The van der Waals surface area contributed by atoms with Gasteiger partial charge in [-0.3, -0.25) is 0 Å². The molecule has 1 rings (SSSR count). The number of rotatable bonds is 2. The molecule has 1 unspecified atom stereocenters. The molecule has 13 heavy (non-hydrogen) atoms. The van der Waals surface area contributed by atoms with Crippen molar-refractivity contribution in [3.05, 3.63) is 10.4 Å². The molecule has 0 saturated carbocycles. The summed E-state index contributed by atoms with van der Waals surface area (Å²) in [4.78, 5) is 23.0. The summed E-state index contributed by atoms with van der Waals surface area (Å²) in [5, 5.41) is 2.64. The third-order valence-corrected chi connectivity index (χ3v) is 1.17. The van der Waals surface area contributed by atoms with Crippen LogP contribution in [-0.2, 0) is 14.2 Å². The summed E-state index contributed by atoms with van der Waals surface area (Å²) in [6.45, 7) is -0.147. The highest BCUT2D eigenvalue weighted by Crippen LogP contribution is 2.06. The predicted octanol–water partition coefficient (Wildman–Crippen LogP) is 0.969. The first-order valence-electron chi connectivity index (χ1n) is 3.27. The van der Waals surface area contributed by atoms with Gasteiger partial charge in [0.25, 0.3) is 0 Å². The third-order valence-electron chi connectivity index (χ3n) is 1.17. The Morgan fingerprint density at radius 2 is 2.62 bits per heavy atom. The monoisotopic (exact) mass is 187 g/mol. The van der Waals surface area contributed by atoms with Gasteiger partial charge in [-0.15, -0.1) is 0 Å². The molecule has 70 valence electrons. The SMILES string of the molecule is [N-]=[N+]=NC(=O)OCC1COC(=O)O1. The van der Waals surface area contributed by atoms with Crippen LogP contribution in [0.3, 0.4) is 0 Å². The normalized spacial score (nSPS) is 19.7. The van der Waals surface area contributed by atoms with E-state index < -0.39 is 18.4 Å². The maximum atomic E-state index is 10.5. The lowest BCUT2D eigenvalue weighted by molar-refractivity contribution is 0.0766. The number of amides is 1. The first-order chi connectivity index (χ1) is 6.22. The molecule has 0 aromatic carbocycles. The molecule has 0 aliphatic carbocycles. The van der Waals surface area contributed by atoms with Crippen molar-refractivity contribution in [1.82, 2.24) is 0 Å². The molecule has 0 aromatic heterocycles. The topological polar surface area (TPSA) is 111 Å². The van der Waals surface area contributed by atoms with Gasteiger partial charge < -0.3 is 14.2 Å². The second kappa shape index (κ2) is 4.17. The number of hydrogen-bond acceptors (Lipinski definition) is 5. The number of nitrogens with zero attached hydrogens (tertiary/aromatic N) is 3. The lowest BCUT2D eigenvalue weighted by atomic mass is 10.4. The van der Waals surface area contributed by atoms with Gasteiger partial charge in [0.05, 0.1) is 0 Å². The average molecular weight is 187 g/mol. The number of cyclic esters (lactones) is 2. The van der Waals surface area contributed by atoms with Crippen LogP contribution in [0.5, 0.6) is 0 Å². The highest BCUT2D eigenvalue weighted by atomic mass is 16.8. The van der Waals surface area contributed by atoms with E-state index in [0.29, 0.717) is 0 Å². The Kier molecular flexibility index (Phi) is 2.93. The Bertz CT molecular complexity index is 271. The van der Waals surface area contributed by atoms with Gasteiger partial charge in [-0.25, -0.2) is 9.59 Å². The first kappa shape index (κ1) is 9.14. The minimum absolute atomic E-state index is 0.0301. The van der Waals surface area contributed by atoms with E-state index in [-0.39, 0.29) is 13.2 Å². The fourth-order valence-corrected chi connectivity index (χ4v) is 0.677. The summed E-state index contributed by atoms with van der Waals surface area (Å²) in [7, 11) is 0. The molecule has 0 aromatic rings. The Balaban J connectivity index is 2.23. The zero-order chi connectivity index (χ0) is 9.68. The van der Waals surface area contributed by atoms with Crippen molar-refractivity contribution in [2.24, 2.45) is 5.11 Å². The maximum Gasteiger partial charge on any atom is 0.508 e. The van der Waals surface area contributed by atoms with E-state index in [9.17, 15) is 9.59 Å². The summed E-state index contributed by atoms with van der Waals surface area (Å²) < 4.78 is 13.3. The molecule has 1 amide bonds. The molecule has 1 atom stereocenters. The Labute approximate surface area is 72.0 Å². The van der Waals surface area contributed by atoms with Gasteiger partial charge in [0.1, 0.15) is 13.2 Å². The van der Waals surface area contributed by atoms with E-state index in [1.165, 1.54) is 0 Å².